The molecule has 0 aliphatic carbocycles. The molecule has 0 radical (unpaired) electrons. The zero-order valence-electron chi connectivity index (χ0n) is 16.1. The van der Waals surface area contributed by atoms with Gasteiger partial charge in [0.15, 0.2) is 0 Å². The first-order chi connectivity index (χ1) is 14.0. The van der Waals surface area contributed by atoms with Crippen LogP contribution in [0.1, 0.15) is 46.9 Å². The van der Waals surface area contributed by atoms with Gasteiger partial charge in [0, 0.05) is 24.8 Å². The van der Waals surface area contributed by atoms with Crippen molar-refractivity contribution in [2.75, 3.05) is 18.5 Å². The number of hydrogen-bond donors (Lipinski definition) is 1. The van der Waals surface area contributed by atoms with Crippen LogP contribution in [0, 0.1) is 0 Å². The number of ether oxygens (including phenoxy) is 2. The molecule has 7 heteroatoms. The van der Waals surface area contributed by atoms with Crippen LogP contribution in [-0.2, 0) is 9.53 Å². The summed E-state index contributed by atoms with van der Waals surface area (Å²) in [5.74, 6) is 0.260. The molecular formula is C22H22N2O5. The molecule has 1 unspecified atom stereocenters. The normalized spacial score (nSPS) is 18.1. The van der Waals surface area contributed by atoms with Gasteiger partial charge >= 0.3 is 0 Å². The number of hydrogen-bond acceptors (Lipinski definition) is 5. The van der Waals surface area contributed by atoms with Crippen molar-refractivity contribution < 1.29 is 23.9 Å². The number of amides is 3. The molecule has 1 saturated heterocycles. The number of benzene rings is 2. The summed E-state index contributed by atoms with van der Waals surface area (Å²) in [6.07, 6.45) is 2.10. The fourth-order valence-corrected chi connectivity index (χ4v) is 3.51. The zero-order chi connectivity index (χ0) is 20.4. The Kier molecular flexibility index (Phi) is 5.31. The van der Waals surface area contributed by atoms with Gasteiger partial charge in [0.05, 0.1) is 23.8 Å². The fraction of sp³-hybridized carbons (Fsp3) is 0.318. The second kappa shape index (κ2) is 8.05. The van der Waals surface area contributed by atoms with Crippen molar-refractivity contribution in [1.82, 2.24) is 4.90 Å². The van der Waals surface area contributed by atoms with E-state index in [0.29, 0.717) is 41.3 Å². The van der Waals surface area contributed by atoms with E-state index in [0.717, 1.165) is 12.8 Å². The van der Waals surface area contributed by atoms with Gasteiger partial charge in [-0.2, -0.15) is 0 Å². The SMILES string of the molecule is CCC(=O)Nc1cccc(Oc2ccc3c(c2)C(=O)N(CC2CCCO2)C3=O)c1. The van der Waals surface area contributed by atoms with Crippen LogP contribution in [0.5, 0.6) is 11.5 Å². The van der Waals surface area contributed by atoms with Crippen molar-refractivity contribution >= 4 is 23.4 Å². The molecule has 3 amide bonds. The van der Waals surface area contributed by atoms with E-state index in [9.17, 15) is 14.4 Å². The van der Waals surface area contributed by atoms with Crippen molar-refractivity contribution in [3.8, 4) is 11.5 Å². The van der Waals surface area contributed by atoms with Crippen LogP contribution < -0.4 is 10.1 Å². The average Bonchev–Trinajstić information content (AvgIpc) is 3.31. The molecule has 0 aromatic heterocycles. The first-order valence-corrected chi connectivity index (χ1v) is 9.74. The van der Waals surface area contributed by atoms with Crippen molar-refractivity contribution in [2.45, 2.75) is 32.3 Å². The number of carbonyl (C=O) groups is 3. The van der Waals surface area contributed by atoms with E-state index in [1.165, 1.54) is 4.90 Å². The summed E-state index contributed by atoms with van der Waals surface area (Å²) in [5, 5.41) is 2.78. The Morgan fingerprint density at radius 1 is 1.14 bits per heavy atom. The van der Waals surface area contributed by atoms with Gasteiger partial charge in [-0.05, 0) is 43.2 Å². The Balaban J connectivity index is 1.50. The molecule has 4 rings (SSSR count). The van der Waals surface area contributed by atoms with Crippen molar-refractivity contribution in [3.05, 3.63) is 53.6 Å². The predicted octanol–water partition coefficient (Wildman–Crippen LogP) is 3.60. The van der Waals surface area contributed by atoms with Crippen molar-refractivity contribution in [1.29, 1.82) is 0 Å². The Morgan fingerprint density at radius 3 is 2.69 bits per heavy atom. The molecule has 7 nitrogen and oxygen atoms in total. The molecule has 1 N–H and O–H groups in total. The highest BCUT2D eigenvalue weighted by molar-refractivity contribution is 6.21. The molecule has 2 aromatic rings. The lowest BCUT2D eigenvalue weighted by molar-refractivity contribution is -0.115. The van der Waals surface area contributed by atoms with Crippen LogP contribution >= 0.6 is 0 Å². The van der Waals surface area contributed by atoms with E-state index >= 15 is 0 Å². The van der Waals surface area contributed by atoms with Crippen LogP contribution in [0.4, 0.5) is 5.69 Å². The highest BCUT2D eigenvalue weighted by atomic mass is 16.5. The zero-order valence-corrected chi connectivity index (χ0v) is 16.1. The quantitative estimate of drug-likeness (QED) is 0.757. The van der Waals surface area contributed by atoms with E-state index in [-0.39, 0.29) is 30.4 Å². The van der Waals surface area contributed by atoms with Crippen molar-refractivity contribution in [3.63, 3.8) is 0 Å². The summed E-state index contributed by atoms with van der Waals surface area (Å²) >= 11 is 0. The van der Waals surface area contributed by atoms with Gasteiger partial charge in [0.2, 0.25) is 5.91 Å². The van der Waals surface area contributed by atoms with E-state index in [2.05, 4.69) is 5.32 Å². The number of fused-ring (bicyclic) bond motifs is 1. The second-order valence-corrected chi connectivity index (χ2v) is 7.09. The summed E-state index contributed by atoms with van der Waals surface area (Å²) in [7, 11) is 0. The monoisotopic (exact) mass is 394 g/mol. The minimum atomic E-state index is -0.324. The Morgan fingerprint density at radius 2 is 1.93 bits per heavy atom. The second-order valence-electron chi connectivity index (χ2n) is 7.09. The third kappa shape index (κ3) is 4.00. The van der Waals surface area contributed by atoms with Crippen LogP contribution in [0.25, 0.3) is 0 Å². The Labute approximate surface area is 168 Å². The first kappa shape index (κ1) is 19.1. The van der Waals surface area contributed by atoms with Gasteiger partial charge in [-0.15, -0.1) is 0 Å². The highest BCUT2D eigenvalue weighted by Crippen LogP contribution is 2.31. The molecule has 1 atom stereocenters. The van der Waals surface area contributed by atoms with Crippen LogP contribution in [0.3, 0.4) is 0 Å². The standard InChI is InChI=1S/C22H22N2O5/c1-2-20(25)23-14-5-3-6-15(11-14)29-16-8-9-18-19(12-16)22(27)24(21(18)26)13-17-7-4-10-28-17/h3,5-6,8-9,11-12,17H,2,4,7,10,13H2,1H3,(H,23,25). The molecule has 2 aromatic carbocycles. The maximum atomic E-state index is 12.8. The minimum absolute atomic E-state index is 0.0878. The van der Waals surface area contributed by atoms with E-state index in [1.807, 2.05) is 0 Å². The molecule has 2 aliphatic rings. The molecule has 0 spiro atoms. The minimum Gasteiger partial charge on any atom is -0.457 e. The average molecular weight is 394 g/mol. The lowest BCUT2D eigenvalue weighted by atomic mass is 10.1. The van der Waals surface area contributed by atoms with Crippen LogP contribution in [0.15, 0.2) is 42.5 Å². The summed E-state index contributed by atoms with van der Waals surface area (Å²) in [6, 6.07) is 11.9. The summed E-state index contributed by atoms with van der Waals surface area (Å²) in [5.41, 5.74) is 1.34. The summed E-state index contributed by atoms with van der Waals surface area (Å²) in [4.78, 5) is 38.2. The fourth-order valence-electron chi connectivity index (χ4n) is 3.51. The number of rotatable bonds is 6. The van der Waals surface area contributed by atoms with Crippen molar-refractivity contribution in [2.24, 2.45) is 0 Å². The van der Waals surface area contributed by atoms with Gasteiger partial charge in [-0.25, -0.2) is 0 Å². The predicted molar refractivity (Wildman–Crippen MR) is 106 cm³/mol. The number of anilines is 1. The Bertz CT molecular complexity index is 965. The summed E-state index contributed by atoms with van der Waals surface area (Å²) in [6.45, 7) is 2.73. The molecule has 2 aliphatic heterocycles. The van der Waals surface area contributed by atoms with Gasteiger partial charge in [-0.3, -0.25) is 19.3 Å². The smallest absolute Gasteiger partial charge is 0.261 e. The molecule has 29 heavy (non-hydrogen) atoms. The van der Waals surface area contributed by atoms with Gasteiger partial charge in [-0.1, -0.05) is 13.0 Å². The van der Waals surface area contributed by atoms with Gasteiger partial charge < -0.3 is 14.8 Å². The molecule has 2 heterocycles. The maximum absolute atomic E-state index is 12.8. The number of imide groups is 1. The third-order valence-corrected chi connectivity index (χ3v) is 5.03. The molecule has 150 valence electrons. The Hall–Kier alpha value is -3.19. The number of nitrogens with one attached hydrogen (secondary N) is 1. The van der Waals surface area contributed by atoms with Gasteiger partial charge in [0.1, 0.15) is 11.5 Å². The lowest BCUT2D eigenvalue weighted by Gasteiger charge is -2.17. The first-order valence-electron chi connectivity index (χ1n) is 9.74. The number of nitrogens with zero attached hydrogens (tertiary/aromatic N) is 1. The molecule has 0 bridgehead atoms. The lowest BCUT2D eigenvalue weighted by Crippen LogP contribution is -2.36. The topological polar surface area (TPSA) is 84.9 Å². The molecule has 1 fully saturated rings. The highest BCUT2D eigenvalue weighted by Gasteiger charge is 2.37. The maximum Gasteiger partial charge on any atom is 0.261 e. The largest absolute Gasteiger partial charge is 0.457 e. The third-order valence-electron chi connectivity index (χ3n) is 5.03. The summed E-state index contributed by atoms with van der Waals surface area (Å²) < 4.78 is 11.4. The van der Waals surface area contributed by atoms with E-state index in [4.69, 9.17) is 9.47 Å². The molecular weight excluding hydrogens is 372 g/mol. The number of carbonyl (C=O) groups excluding carboxylic acids is 3. The van der Waals surface area contributed by atoms with Crippen LogP contribution in [0.2, 0.25) is 0 Å². The van der Waals surface area contributed by atoms with Crippen LogP contribution in [-0.4, -0.2) is 41.9 Å². The van der Waals surface area contributed by atoms with E-state index in [1.54, 1.807) is 49.4 Å². The van der Waals surface area contributed by atoms with E-state index < -0.39 is 0 Å². The van der Waals surface area contributed by atoms with Gasteiger partial charge in [0.25, 0.3) is 11.8 Å². The molecule has 0 saturated carbocycles.